The summed E-state index contributed by atoms with van der Waals surface area (Å²) in [5.41, 5.74) is 7.76. The molecule has 2 aliphatic rings. The highest BCUT2D eigenvalue weighted by molar-refractivity contribution is 14.1. The zero-order valence-corrected chi connectivity index (χ0v) is 17.1. The van der Waals surface area contributed by atoms with Gasteiger partial charge >= 0.3 is 0 Å². The zero-order chi connectivity index (χ0) is 19.1. The minimum absolute atomic E-state index is 0.338. The molecule has 0 unspecified atom stereocenters. The van der Waals surface area contributed by atoms with Crippen LogP contribution in [-0.2, 0) is 9.47 Å². The summed E-state index contributed by atoms with van der Waals surface area (Å²) in [5, 5.41) is 1.07. The van der Waals surface area contributed by atoms with Crippen molar-refractivity contribution >= 4 is 57.1 Å². The second-order valence-electron chi connectivity index (χ2n) is 5.73. The van der Waals surface area contributed by atoms with E-state index in [1.165, 1.54) is 24.4 Å². The minimum atomic E-state index is 0.338. The Kier molecular flexibility index (Phi) is 4.39. The Labute approximate surface area is 176 Å². The van der Waals surface area contributed by atoms with Gasteiger partial charge in [0, 0.05) is 9.13 Å². The van der Waals surface area contributed by atoms with E-state index in [-0.39, 0.29) is 0 Å². The van der Waals surface area contributed by atoms with Crippen LogP contribution in [-0.4, -0.2) is 33.1 Å². The summed E-state index contributed by atoms with van der Waals surface area (Å²) in [7, 11) is 0. The lowest BCUT2D eigenvalue weighted by molar-refractivity contribution is 0.171. The third-order valence-electron chi connectivity index (χ3n) is 3.94. The lowest BCUT2D eigenvalue weighted by Crippen LogP contribution is -2.16. The molecule has 2 aromatic heterocycles. The summed E-state index contributed by atoms with van der Waals surface area (Å²) in [4.78, 5) is 15.5. The number of aromatic amines is 1. The maximum atomic E-state index is 6.01. The number of nitrogens with two attached hydrogens (primary N) is 1. The Hall–Kier alpha value is -2.67. The van der Waals surface area contributed by atoms with Gasteiger partial charge in [0.25, 0.3) is 0 Å². The summed E-state index contributed by atoms with van der Waals surface area (Å²) < 4.78 is 23.7. The average Bonchev–Trinajstić information content (AvgIpc) is 3.11. The fourth-order valence-corrected chi connectivity index (χ4v) is 4.11. The van der Waals surface area contributed by atoms with E-state index in [9.17, 15) is 0 Å². The van der Waals surface area contributed by atoms with Crippen molar-refractivity contribution in [2.75, 3.05) is 18.9 Å². The number of halogens is 1. The largest absolute Gasteiger partial charge is 0.486 e. The van der Waals surface area contributed by atoms with E-state index < -0.39 is 0 Å². The number of fused-ring (bicyclic) bond motifs is 2. The predicted molar refractivity (Wildman–Crippen MR) is 110 cm³/mol. The molecule has 0 aliphatic carbocycles. The Morgan fingerprint density at radius 1 is 1.11 bits per heavy atom. The van der Waals surface area contributed by atoms with Gasteiger partial charge in [-0.15, -0.1) is 0 Å². The highest BCUT2D eigenvalue weighted by Gasteiger charge is 2.21. The first-order chi connectivity index (χ1) is 13.7. The van der Waals surface area contributed by atoms with E-state index >= 15 is 0 Å². The van der Waals surface area contributed by atoms with Crippen molar-refractivity contribution < 1.29 is 18.9 Å². The lowest BCUT2D eigenvalue weighted by atomic mass is 10.1. The second-order valence-corrected chi connectivity index (χ2v) is 7.89. The van der Waals surface area contributed by atoms with E-state index in [1.54, 1.807) is 6.26 Å². The molecule has 9 nitrogen and oxygen atoms in total. The van der Waals surface area contributed by atoms with Gasteiger partial charge in [-0.3, -0.25) is 0 Å². The van der Waals surface area contributed by atoms with Crippen molar-refractivity contribution in [3.63, 3.8) is 0 Å². The van der Waals surface area contributed by atoms with Gasteiger partial charge < -0.3 is 29.7 Å². The Balaban J connectivity index is 1.38. The summed E-state index contributed by atoms with van der Waals surface area (Å²) in [6.45, 7) is 1.06. The Morgan fingerprint density at radius 2 is 1.93 bits per heavy atom. The lowest BCUT2D eigenvalue weighted by Gasteiger charge is -2.21. The molecule has 0 spiro atoms. The molecule has 28 heavy (non-hydrogen) atoms. The van der Waals surface area contributed by atoms with E-state index in [2.05, 4.69) is 42.5 Å². The molecule has 4 heterocycles. The first-order valence-corrected chi connectivity index (χ1v) is 10.0. The molecular formula is C17H12IN5O4S. The van der Waals surface area contributed by atoms with E-state index in [0.29, 0.717) is 52.0 Å². The maximum absolute atomic E-state index is 6.01. The van der Waals surface area contributed by atoms with Crippen molar-refractivity contribution in [2.45, 2.75) is 5.16 Å². The third kappa shape index (κ3) is 3.20. The van der Waals surface area contributed by atoms with Crippen LogP contribution in [0.5, 0.6) is 11.5 Å². The molecule has 0 saturated carbocycles. The second kappa shape index (κ2) is 7.05. The summed E-state index contributed by atoms with van der Waals surface area (Å²) >= 11 is 3.48. The fourth-order valence-electron chi connectivity index (χ4n) is 2.69. The van der Waals surface area contributed by atoms with Gasteiger partial charge in [0.1, 0.15) is 37.6 Å². The number of rotatable bonds is 3. The standard InChI is InChI=1S/C17H12IN5O4S/c18-9-4-11-10(25-1-2-26-11)3-8(9)12-5-24-6-13(27-12)28-17-22-14-15(19)20-7-21-16(14)23-17/h3-7H,1-2H2,(H3,19,20,21,22,23). The van der Waals surface area contributed by atoms with Gasteiger partial charge in [-0.05, 0) is 46.5 Å². The Bertz CT molecular complexity index is 1150. The SMILES string of the molecule is Nc1ncnc2nc(SC3=COC=C(c4cc5c(cc4I)OCCO5)O3)[nH]c12. The van der Waals surface area contributed by atoms with Crippen LogP contribution >= 0.6 is 34.4 Å². The monoisotopic (exact) mass is 509 g/mol. The molecule has 2 aliphatic heterocycles. The van der Waals surface area contributed by atoms with Crippen molar-refractivity contribution in [2.24, 2.45) is 0 Å². The number of H-pyrrole nitrogens is 1. The highest BCUT2D eigenvalue weighted by atomic mass is 127. The minimum Gasteiger partial charge on any atom is -0.486 e. The number of benzene rings is 1. The number of nitrogens with one attached hydrogen (secondary N) is 1. The van der Waals surface area contributed by atoms with Gasteiger partial charge in [0.15, 0.2) is 33.9 Å². The highest BCUT2D eigenvalue weighted by Crippen LogP contribution is 2.40. The topological polar surface area (TPSA) is 117 Å². The van der Waals surface area contributed by atoms with Gasteiger partial charge in [-0.2, -0.15) is 0 Å². The molecule has 0 saturated heterocycles. The van der Waals surface area contributed by atoms with Crippen LogP contribution in [0, 0.1) is 3.57 Å². The molecule has 1 aromatic carbocycles. The number of nitrogens with zero attached hydrogens (tertiary/aromatic N) is 3. The number of imidazole rings is 1. The van der Waals surface area contributed by atoms with E-state index in [4.69, 9.17) is 24.7 Å². The van der Waals surface area contributed by atoms with Crippen molar-refractivity contribution in [1.29, 1.82) is 0 Å². The molecule has 5 rings (SSSR count). The quantitative estimate of drug-likeness (QED) is 0.513. The van der Waals surface area contributed by atoms with Gasteiger partial charge in [0.2, 0.25) is 5.09 Å². The van der Waals surface area contributed by atoms with Crippen LogP contribution in [0.3, 0.4) is 0 Å². The van der Waals surface area contributed by atoms with Crippen molar-refractivity contribution in [3.8, 4) is 11.5 Å². The number of nitrogen functional groups attached to an aromatic ring is 1. The molecule has 3 N–H and O–H groups in total. The predicted octanol–water partition coefficient (Wildman–Crippen LogP) is 3.25. The number of ether oxygens (including phenoxy) is 4. The molecule has 0 atom stereocenters. The van der Waals surface area contributed by atoms with Gasteiger partial charge in [-0.1, -0.05) is 0 Å². The summed E-state index contributed by atoms with van der Waals surface area (Å²) in [5.74, 6) is 2.30. The van der Waals surface area contributed by atoms with Gasteiger partial charge in [0.05, 0.1) is 0 Å². The zero-order valence-electron chi connectivity index (χ0n) is 14.1. The number of thioether (sulfide) groups is 1. The first kappa shape index (κ1) is 17.4. The first-order valence-electron chi connectivity index (χ1n) is 8.14. The number of aromatic nitrogens is 4. The maximum Gasteiger partial charge on any atom is 0.203 e. The van der Waals surface area contributed by atoms with Crippen molar-refractivity contribution in [3.05, 3.63) is 45.2 Å². The molecule has 11 heteroatoms. The van der Waals surface area contributed by atoms with E-state index in [1.807, 2.05) is 12.1 Å². The van der Waals surface area contributed by atoms with Crippen LogP contribution in [0.15, 0.2) is 41.2 Å². The molecule has 0 amide bonds. The van der Waals surface area contributed by atoms with Crippen LogP contribution in [0.1, 0.15) is 5.56 Å². The summed E-state index contributed by atoms with van der Waals surface area (Å²) in [6.07, 6.45) is 4.41. The van der Waals surface area contributed by atoms with E-state index in [0.717, 1.165) is 14.9 Å². The molecule has 0 bridgehead atoms. The average molecular weight is 509 g/mol. The third-order valence-corrected chi connectivity index (χ3v) is 5.60. The molecule has 0 radical (unpaired) electrons. The number of hydrogen-bond acceptors (Lipinski definition) is 9. The number of anilines is 1. The summed E-state index contributed by atoms with van der Waals surface area (Å²) in [6, 6.07) is 3.80. The van der Waals surface area contributed by atoms with Crippen LogP contribution < -0.4 is 15.2 Å². The van der Waals surface area contributed by atoms with Gasteiger partial charge in [-0.25, -0.2) is 15.0 Å². The molecule has 142 valence electrons. The molecule has 3 aromatic rings. The smallest absolute Gasteiger partial charge is 0.203 e. The van der Waals surface area contributed by atoms with Crippen molar-refractivity contribution in [1.82, 2.24) is 19.9 Å². The Morgan fingerprint density at radius 3 is 2.75 bits per heavy atom. The fraction of sp³-hybridized carbons (Fsp3) is 0.118. The number of hydrogen-bond donors (Lipinski definition) is 2. The van der Waals surface area contributed by atoms with Crippen LogP contribution in [0.25, 0.3) is 16.9 Å². The van der Waals surface area contributed by atoms with Crippen LogP contribution in [0.2, 0.25) is 0 Å². The normalized spacial score (nSPS) is 15.5. The molecule has 0 fully saturated rings. The van der Waals surface area contributed by atoms with Crippen LogP contribution in [0.4, 0.5) is 5.82 Å². The molecular weight excluding hydrogens is 497 g/mol.